The molecule has 0 aliphatic carbocycles. The van der Waals surface area contributed by atoms with Crippen molar-refractivity contribution in [1.82, 2.24) is 10.2 Å². The highest BCUT2D eigenvalue weighted by Gasteiger charge is 2.13. The van der Waals surface area contributed by atoms with Gasteiger partial charge in [0, 0.05) is 16.8 Å². The van der Waals surface area contributed by atoms with Crippen LogP contribution < -0.4 is 11.1 Å². The van der Waals surface area contributed by atoms with Crippen molar-refractivity contribution in [3.63, 3.8) is 0 Å². The minimum absolute atomic E-state index is 0.00292. The number of thioether (sulfide) groups is 1. The second-order valence-corrected chi connectivity index (χ2v) is 7.58. The van der Waals surface area contributed by atoms with Gasteiger partial charge in [-0.15, -0.1) is 10.2 Å². The highest BCUT2D eigenvalue weighted by atomic mass is 32.2. The molecule has 0 spiro atoms. The Kier molecular flexibility index (Phi) is 5.55. The van der Waals surface area contributed by atoms with Crippen molar-refractivity contribution in [2.24, 2.45) is 5.73 Å². The Morgan fingerprint density at radius 1 is 1.03 bits per heavy atom. The molecule has 4 aromatic rings. The zero-order valence-electron chi connectivity index (χ0n) is 15.2. The molecular weight excluding hydrogens is 404 g/mol. The van der Waals surface area contributed by atoms with Crippen molar-refractivity contribution in [3.05, 3.63) is 72.3 Å². The van der Waals surface area contributed by atoms with E-state index in [4.69, 9.17) is 22.4 Å². The van der Waals surface area contributed by atoms with Crippen LogP contribution in [0.2, 0.25) is 0 Å². The summed E-state index contributed by atoms with van der Waals surface area (Å²) >= 11 is 6.06. The van der Waals surface area contributed by atoms with Gasteiger partial charge in [-0.2, -0.15) is 0 Å². The summed E-state index contributed by atoms with van der Waals surface area (Å²) in [5.41, 5.74) is 7.62. The topological polar surface area (TPSA) is 94.0 Å². The van der Waals surface area contributed by atoms with Gasteiger partial charge < -0.3 is 15.5 Å². The van der Waals surface area contributed by atoms with Gasteiger partial charge in [-0.25, -0.2) is 0 Å². The Morgan fingerprint density at radius 2 is 1.86 bits per heavy atom. The minimum Gasteiger partial charge on any atom is -0.411 e. The number of carbonyl (C=O) groups is 1. The summed E-state index contributed by atoms with van der Waals surface area (Å²) in [5, 5.41) is 13.6. The molecule has 0 radical (unpaired) electrons. The molecule has 1 heterocycles. The number of ketones is 1. The third-order valence-corrected chi connectivity index (χ3v) is 5.10. The first kappa shape index (κ1) is 19.1. The van der Waals surface area contributed by atoms with Crippen molar-refractivity contribution in [2.45, 2.75) is 5.22 Å². The van der Waals surface area contributed by atoms with Crippen LogP contribution in [-0.4, -0.2) is 26.8 Å². The molecule has 0 bridgehead atoms. The van der Waals surface area contributed by atoms with E-state index in [2.05, 4.69) is 15.5 Å². The normalized spacial score (nSPS) is 10.8. The van der Waals surface area contributed by atoms with Gasteiger partial charge in [-0.05, 0) is 47.3 Å². The quantitative estimate of drug-likeness (QED) is 0.267. The molecule has 29 heavy (non-hydrogen) atoms. The van der Waals surface area contributed by atoms with E-state index in [1.165, 1.54) is 11.8 Å². The number of nitrogens with two attached hydrogens (primary N) is 1. The first-order valence-electron chi connectivity index (χ1n) is 8.74. The fraction of sp³-hybridized carbons (Fsp3) is 0.0476. The Balaban J connectivity index is 1.43. The molecule has 0 atom stereocenters. The molecule has 3 aromatic carbocycles. The summed E-state index contributed by atoms with van der Waals surface area (Å²) in [6, 6.07) is 20.9. The molecule has 8 heteroatoms. The number of hydrogen-bond donors (Lipinski definition) is 2. The van der Waals surface area contributed by atoms with Crippen LogP contribution in [0.5, 0.6) is 0 Å². The Labute approximate surface area is 176 Å². The van der Waals surface area contributed by atoms with Crippen LogP contribution in [0.1, 0.15) is 10.4 Å². The van der Waals surface area contributed by atoms with Gasteiger partial charge in [-0.1, -0.05) is 54.2 Å². The Hall–Kier alpha value is -3.23. The minimum atomic E-state index is 0.00292. The molecule has 4 rings (SSSR count). The highest BCUT2D eigenvalue weighted by Crippen LogP contribution is 2.26. The van der Waals surface area contributed by atoms with E-state index in [1.54, 1.807) is 6.07 Å². The van der Waals surface area contributed by atoms with E-state index in [0.29, 0.717) is 16.7 Å². The summed E-state index contributed by atoms with van der Waals surface area (Å²) in [6.07, 6.45) is 0. The molecule has 144 valence electrons. The fourth-order valence-electron chi connectivity index (χ4n) is 2.83. The number of rotatable bonds is 6. The van der Waals surface area contributed by atoms with Crippen LogP contribution in [0.15, 0.2) is 76.4 Å². The van der Waals surface area contributed by atoms with Crippen LogP contribution in [0, 0.1) is 0 Å². The van der Waals surface area contributed by atoms with E-state index in [-0.39, 0.29) is 16.6 Å². The Bertz CT molecular complexity index is 1210. The lowest BCUT2D eigenvalue weighted by atomic mass is 10.1. The van der Waals surface area contributed by atoms with Gasteiger partial charge in [-0.3, -0.25) is 4.79 Å². The fourth-order valence-corrected chi connectivity index (χ4v) is 3.61. The molecule has 1 aromatic heterocycles. The number of fused-ring (bicyclic) bond motifs is 1. The molecule has 0 amide bonds. The van der Waals surface area contributed by atoms with Gasteiger partial charge in [0.2, 0.25) is 5.89 Å². The van der Waals surface area contributed by atoms with Gasteiger partial charge in [0.05, 0.1) is 5.75 Å². The van der Waals surface area contributed by atoms with Crippen LogP contribution in [0.3, 0.4) is 0 Å². The predicted octanol–water partition coefficient (Wildman–Crippen LogP) is 4.52. The molecule has 6 nitrogen and oxygen atoms in total. The lowest BCUT2D eigenvalue weighted by Crippen LogP contribution is -2.18. The maximum atomic E-state index is 12.5. The van der Waals surface area contributed by atoms with Crippen molar-refractivity contribution >= 4 is 51.3 Å². The number of carbonyl (C=O) groups excluding carboxylic acids is 1. The number of nitrogens with zero attached hydrogens (tertiary/aromatic N) is 2. The monoisotopic (exact) mass is 420 g/mol. The number of Topliss-reactive ketones (excluding diaryl/α,β-unsaturated/α-hetero) is 1. The third-order valence-electron chi connectivity index (χ3n) is 4.18. The molecule has 0 unspecified atom stereocenters. The molecule has 0 aliphatic heterocycles. The van der Waals surface area contributed by atoms with Gasteiger partial charge >= 0.3 is 0 Å². The number of hydrogen-bond acceptors (Lipinski definition) is 6. The van der Waals surface area contributed by atoms with Crippen LogP contribution in [0.25, 0.3) is 22.2 Å². The maximum absolute atomic E-state index is 12.5. The largest absolute Gasteiger partial charge is 0.411 e. The second-order valence-electron chi connectivity index (χ2n) is 6.22. The molecule has 0 saturated heterocycles. The average molecular weight is 421 g/mol. The summed E-state index contributed by atoms with van der Waals surface area (Å²) in [5.74, 6) is 0.573. The Morgan fingerprint density at radius 3 is 2.69 bits per heavy atom. The third kappa shape index (κ3) is 4.61. The van der Waals surface area contributed by atoms with Crippen molar-refractivity contribution < 1.29 is 9.21 Å². The lowest BCUT2D eigenvalue weighted by Gasteiger charge is -2.04. The lowest BCUT2D eigenvalue weighted by molar-refractivity contribution is 0.102. The molecule has 0 fully saturated rings. The number of benzene rings is 3. The second kappa shape index (κ2) is 8.42. The van der Waals surface area contributed by atoms with E-state index in [9.17, 15) is 4.79 Å². The molecule has 0 saturated carbocycles. The van der Waals surface area contributed by atoms with Gasteiger partial charge in [0.15, 0.2) is 10.9 Å². The maximum Gasteiger partial charge on any atom is 0.277 e. The highest BCUT2D eigenvalue weighted by molar-refractivity contribution is 7.99. The van der Waals surface area contributed by atoms with Crippen LogP contribution in [0.4, 0.5) is 5.69 Å². The standard InChI is InChI=1S/C21H16N4O2S2/c22-20(28)23-17-7-3-6-16(11-17)19-24-25-21(27-19)29-12-18(26)15-9-8-13-4-1-2-5-14(13)10-15/h1-11H,12H2,(H3,22,23,28). The number of nitrogens with one attached hydrogen (secondary N) is 1. The van der Waals surface area contributed by atoms with E-state index >= 15 is 0 Å². The number of anilines is 1. The average Bonchev–Trinajstić information content (AvgIpc) is 3.20. The summed E-state index contributed by atoms with van der Waals surface area (Å²) in [7, 11) is 0. The zero-order valence-corrected chi connectivity index (χ0v) is 16.8. The van der Waals surface area contributed by atoms with Crippen molar-refractivity contribution in [1.29, 1.82) is 0 Å². The first-order chi connectivity index (χ1) is 14.1. The number of thiocarbonyl (C=S) groups is 1. The van der Waals surface area contributed by atoms with E-state index in [0.717, 1.165) is 22.0 Å². The van der Waals surface area contributed by atoms with Crippen molar-refractivity contribution in [3.8, 4) is 11.5 Å². The molecular formula is C21H16N4O2S2. The SMILES string of the molecule is NC(=S)Nc1cccc(-c2nnc(SCC(=O)c3ccc4ccccc4c3)o2)c1. The zero-order chi connectivity index (χ0) is 20.2. The summed E-state index contributed by atoms with van der Waals surface area (Å²) in [6.45, 7) is 0. The van der Waals surface area contributed by atoms with E-state index in [1.807, 2.05) is 60.7 Å². The first-order valence-corrected chi connectivity index (χ1v) is 10.1. The van der Waals surface area contributed by atoms with E-state index < -0.39 is 0 Å². The van der Waals surface area contributed by atoms with Crippen LogP contribution in [-0.2, 0) is 0 Å². The molecule has 3 N–H and O–H groups in total. The number of aromatic nitrogens is 2. The van der Waals surface area contributed by atoms with Gasteiger partial charge in [0.1, 0.15) is 0 Å². The predicted molar refractivity (Wildman–Crippen MR) is 119 cm³/mol. The van der Waals surface area contributed by atoms with Crippen LogP contribution >= 0.6 is 24.0 Å². The molecule has 0 aliphatic rings. The smallest absolute Gasteiger partial charge is 0.277 e. The van der Waals surface area contributed by atoms with Crippen molar-refractivity contribution in [2.75, 3.05) is 11.1 Å². The summed E-state index contributed by atoms with van der Waals surface area (Å²) in [4.78, 5) is 12.5. The summed E-state index contributed by atoms with van der Waals surface area (Å²) < 4.78 is 5.68. The van der Waals surface area contributed by atoms with Gasteiger partial charge in [0.25, 0.3) is 5.22 Å².